The second-order valence-electron chi connectivity index (χ2n) is 5.64. The molecule has 0 saturated carbocycles. The van der Waals surface area contributed by atoms with Crippen molar-refractivity contribution >= 4 is 38.7 Å². The Kier molecular flexibility index (Phi) is 4.29. The van der Waals surface area contributed by atoms with Crippen LogP contribution in [0.1, 0.15) is 34.2 Å². The van der Waals surface area contributed by atoms with Crippen LogP contribution >= 0.6 is 22.7 Å². The summed E-state index contributed by atoms with van der Waals surface area (Å²) < 4.78 is 25.8. The van der Waals surface area contributed by atoms with Gasteiger partial charge < -0.3 is 9.15 Å². The first kappa shape index (κ1) is 16.9. The molecule has 0 aliphatic rings. The van der Waals surface area contributed by atoms with E-state index in [1.165, 1.54) is 28.7 Å². The van der Waals surface area contributed by atoms with Crippen LogP contribution in [0.15, 0.2) is 40.1 Å². The molecule has 0 N–H and O–H groups in total. The van der Waals surface area contributed by atoms with Gasteiger partial charge in [-0.2, -0.15) is 0 Å². The number of rotatable bonds is 4. The minimum atomic E-state index is -0.710. The zero-order valence-electron chi connectivity index (χ0n) is 13.9. The van der Waals surface area contributed by atoms with Crippen molar-refractivity contribution in [2.24, 2.45) is 0 Å². The number of carbonyl (C=O) groups is 1. The highest BCUT2D eigenvalue weighted by Gasteiger charge is 2.24. The molecule has 0 fully saturated rings. The number of fused-ring (bicyclic) bond motifs is 1. The lowest BCUT2D eigenvalue weighted by Crippen LogP contribution is -2.09. The molecule has 0 bridgehead atoms. The van der Waals surface area contributed by atoms with Gasteiger partial charge in [0.2, 0.25) is 0 Å². The van der Waals surface area contributed by atoms with E-state index >= 15 is 0 Å². The molecule has 1 atom stereocenters. The van der Waals surface area contributed by atoms with E-state index in [4.69, 9.17) is 9.15 Å². The quantitative estimate of drug-likeness (QED) is 0.439. The largest absolute Gasteiger partial charge is 0.448 e. The summed E-state index contributed by atoms with van der Waals surface area (Å²) in [4.78, 5) is 13.8. The minimum absolute atomic E-state index is 0.215. The fourth-order valence-corrected chi connectivity index (χ4v) is 4.36. The molecule has 132 valence electrons. The van der Waals surface area contributed by atoms with Gasteiger partial charge in [-0.15, -0.1) is 32.9 Å². The highest BCUT2D eigenvalue weighted by molar-refractivity contribution is 7.21. The van der Waals surface area contributed by atoms with Crippen molar-refractivity contribution < 1.29 is 18.3 Å². The Hall–Kier alpha value is -2.58. The Morgan fingerprint density at radius 3 is 2.85 bits per heavy atom. The summed E-state index contributed by atoms with van der Waals surface area (Å²) in [7, 11) is 0. The maximum atomic E-state index is 14.0. The first-order valence-corrected chi connectivity index (χ1v) is 9.50. The number of hydrogen-bond donors (Lipinski definition) is 0. The summed E-state index contributed by atoms with van der Waals surface area (Å²) in [6.45, 7) is 3.37. The number of halogens is 1. The van der Waals surface area contributed by atoms with E-state index in [0.717, 1.165) is 4.88 Å². The predicted octanol–water partition coefficient (Wildman–Crippen LogP) is 5.38. The molecule has 3 heterocycles. The SMILES string of the molecule is Cc1c(C(=O)O[C@@H](C)c2nnc(-c3cccs3)o2)sc2cccc(F)c12. The molecule has 0 radical (unpaired) electrons. The van der Waals surface area contributed by atoms with E-state index in [1.54, 1.807) is 26.0 Å². The molecule has 0 unspecified atom stereocenters. The van der Waals surface area contributed by atoms with Crippen LogP contribution in [-0.2, 0) is 4.74 Å². The highest BCUT2D eigenvalue weighted by Crippen LogP contribution is 2.34. The Morgan fingerprint density at radius 2 is 2.12 bits per heavy atom. The Bertz CT molecular complexity index is 1090. The molecule has 8 heteroatoms. The summed E-state index contributed by atoms with van der Waals surface area (Å²) in [5, 5.41) is 10.3. The van der Waals surface area contributed by atoms with E-state index in [-0.39, 0.29) is 11.7 Å². The maximum absolute atomic E-state index is 14.0. The Labute approximate surface area is 156 Å². The van der Waals surface area contributed by atoms with Crippen LogP contribution in [0.2, 0.25) is 0 Å². The van der Waals surface area contributed by atoms with Crippen LogP contribution in [0.3, 0.4) is 0 Å². The Balaban J connectivity index is 1.57. The molecule has 26 heavy (non-hydrogen) atoms. The lowest BCUT2D eigenvalue weighted by molar-refractivity contribution is 0.0285. The van der Waals surface area contributed by atoms with Crippen molar-refractivity contribution in [2.75, 3.05) is 0 Å². The molecule has 0 amide bonds. The molecule has 0 saturated heterocycles. The van der Waals surface area contributed by atoms with E-state index in [9.17, 15) is 9.18 Å². The zero-order chi connectivity index (χ0) is 18.3. The van der Waals surface area contributed by atoms with Gasteiger partial charge in [0.05, 0.1) is 4.88 Å². The van der Waals surface area contributed by atoms with Gasteiger partial charge in [0.25, 0.3) is 11.8 Å². The summed E-state index contributed by atoms with van der Waals surface area (Å²) in [5.74, 6) is -0.281. The number of thiophene rings is 2. The lowest BCUT2D eigenvalue weighted by Gasteiger charge is -2.08. The molecule has 0 aliphatic heterocycles. The average Bonchev–Trinajstić information content (AvgIpc) is 3.34. The number of nitrogens with zero attached hydrogens (tertiary/aromatic N) is 2. The number of hydrogen-bond acceptors (Lipinski definition) is 7. The number of ether oxygens (including phenoxy) is 1. The first-order chi connectivity index (χ1) is 12.5. The second kappa shape index (κ2) is 6.62. The van der Waals surface area contributed by atoms with Gasteiger partial charge in [0.1, 0.15) is 10.7 Å². The third-order valence-corrected chi connectivity index (χ3v) is 5.99. The molecule has 1 aromatic carbocycles. The second-order valence-corrected chi connectivity index (χ2v) is 7.64. The van der Waals surface area contributed by atoms with Gasteiger partial charge in [-0.25, -0.2) is 9.18 Å². The fourth-order valence-electron chi connectivity index (χ4n) is 2.61. The van der Waals surface area contributed by atoms with Gasteiger partial charge in [-0.05, 0) is 43.0 Å². The topological polar surface area (TPSA) is 65.2 Å². The number of benzene rings is 1. The molecule has 5 nitrogen and oxygen atoms in total. The highest BCUT2D eigenvalue weighted by atomic mass is 32.1. The minimum Gasteiger partial charge on any atom is -0.448 e. The van der Waals surface area contributed by atoms with Gasteiger partial charge in [0.15, 0.2) is 6.10 Å². The van der Waals surface area contributed by atoms with Crippen molar-refractivity contribution in [3.8, 4) is 10.8 Å². The molecular formula is C18H13FN2O3S2. The average molecular weight is 388 g/mol. The summed E-state index contributed by atoms with van der Waals surface area (Å²) in [5.41, 5.74) is 0.574. The van der Waals surface area contributed by atoms with Gasteiger partial charge in [-0.1, -0.05) is 12.1 Å². The van der Waals surface area contributed by atoms with Crippen molar-refractivity contribution in [1.29, 1.82) is 0 Å². The third kappa shape index (κ3) is 2.91. The van der Waals surface area contributed by atoms with Crippen LogP contribution in [0, 0.1) is 12.7 Å². The maximum Gasteiger partial charge on any atom is 0.349 e. The predicted molar refractivity (Wildman–Crippen MR) is 98.0 cm³/mol. The third-order valence-electron chi connectivity index (χ3n) is 3.89. The molecule has 0 aliphatic carbocycles. The summed E-state index contributed by atoms with van der Waals surface area (Å²) in [6, 6.07) is 8.53. The van der Waals surface area contributed by atoms with Gasteiger partial charge in [0, 0.05) is 10.1 Å². The smallest absolute Gasteiger partial charge is 0.349 e. The standard InChI is InChI=1S/C18H13FN2O3S2/c1-9-14-11(19)5-3-6-12(14)26-15(9)18(22)23-10(2)16-20-21-17(24-16)13-7-4-8-25-13/h3-8,10H,1-2H3/t10-/m0/s1. The van der Waals surface area contributed by atoms with Crippen molar-refractivity contribution in [3.05, 3.63) is 57.9 Å². The van der Waals surface area contributed by atoms with Crippen LogP contribution < -0.4 is 0 Å². The zero-order valence-corrected chi connectivity index (χ0v) is 15.5. The molecular weight excluding hydrogens is 375 g/mol. The lowest BCUT2D eigenvalue weighted by atomic mass is 10.1. The molecule has 0 spiro atoms. The van der Waals surface area contributed by atoms with Gasteiger partial charge in [-0.3, -0.25) is 0 Å². The molecule has 4 rings (SSSR count). The monoisotopic (exact) mass is 388 g/mol. The fraction of sp³-hybridized carbons (Fsp3) is 0.167. The van der Waals surface area contributed by atoms with E-state index < -0.39 is 12.1 Å². The van der Waals surface area contributed by atoms with Crippen LogP contribution in [0.5, 0.6) is 0 Å². The van der Waals surface area contributed by atoms with Crippen LogP contribution in [0.4, 0.5) is 4.39 Å². The van der Waals surface area contributed by atoms with Crippen molar-refractivity contribution in [2.45, 2.75) is 20.0 Å². The molecule has 3 aromatic heterocycles. The summed E-state index contributed by atoms with van der Waals surface area (Å²) in [6.07, 6.45) is -0.710. The molecule has 4 aromatic rings. The number of aryl methyl sites for hydroxylation is 1. The number of esters is 1. The van der Waals surface area contributed by atoms with Crippen molar-refractivity contribution in [3.63, 3.8) is 0 Å². The first-order valence-electron chi connectivity index (χ1n) is 7.80. The van der Waals surface area contributed by atoms with E-state index in [0.29, 0.717) is 26.4 Å². The Morgan fingerprint density at radius 1 is 1.27 bits per heavy atom. The number of aromatic nitrogens is 2. The van der Waals surface area contributed by atoms with E-state index in [1.807, 2.05) is 17.5 Å². The van der Waals surface area contributed by atoms with Gasteiger partial charge >= 0.3 is 5.97 Å². The van der Waals surface area contributed by atoms with Crippen LogP contribution in [0.25, 0.3) is 20.9 Å². The summed E-state index contributed by atoms with van der Waals surface area (Å²) >= 11 is 2.69. The normalized spacial score (nSPS) is 12.4. The number of carbonyl (C=O) groups excluding carboxylic acids is 1. The van der Waals surface area contributed by atoms with Crippen molar-refractivity contribution in [1.82, 2.24) is 10.2 Å². The van der Waals surface area contributed by atoms with E-state index in [2.05, 4.69) is 10.2 Å². The van der Waals surface area contributed by atoms with Crippen LogP contribution in [-0.4, -0.2) is 16.2 Å².